The van der Waals surface area contributed by atoms with Crippen molar-refractivity contribution in [2.75, 3.05) is 14.2 Å². The zero-order valence-electron chi connectivity index (χ0n) is 16.4. The van der Waals surface area contributed by atoms with Crippen LogP contribution >= 0.6 is 22.9 Å². The molecule has 3 aromatic rings. The number of thiophene rings is 1. The molecule has 3 rings (SSSR count). The Balaban J connectivity index is 1.91. The second-order valence-corrected chi connectivity index (χ2v) is 10.3. The van der Waals surface area contributed by atoms with Gasteiger partial charge in [-0.15, -0.1) is 11.3 Å². The Labute approximate surface area is 187 Å². The van der Waals surface area contributed by atoms with E-state index in [0.29, 0.717) is 22.3 Å². The minimum absolute atomic E-state index is 0.0347. The normalized spacial score (nSPS) is 11.2. The van der Waals surface area contributed by atoms with E-state index in [0.717, 1.165) is 11.3 Å². The highest BCUT2D eigenvalue weighted by Crippen LogP contribution is 2.39. The van der Waals surface area contributed by atoms with Crippen LogP contribution in [-0.4, -0.2) is 39.7 Å². The summed E-state index contributed by atoms with van der Waals surface area (Å²) in [6.45, 7) is 0. The molecule has 0 aliphatic rings. The lowest BCUT2D eigenvalue weighted by Gasteiger charge is -2.06. The number of carbonyl (C=O) groups is 2. The standard InChI is InChI=1S/C21H17ClO7S2/c1-28-20(24)14-5-3-4-13(9-14)16-10-18(30-19(16)22)31(26,27)11-12-6-7-15(17(23)8-12)21(25)29-2/h3-10,23H,11H2,1-2H3. The molecule has 0 unspecified atom stereocenters. The maximum absolute atomic E-state index is 12.9. The molecule has 162 valence electrons. The fourth-order valence-corrected chi connectivity index (χ4v) is 6.05. The molecule has 0 spiro atoms. The van der Waals surface area contributed by atoms with E-state index in [1.54, 1.807) is 24.3 Å². The average Bonchev–Trinajstić information content (AvgIpc) is 3.15. The van der Waals surface area contributed by atoms with Crippen LogP contribution in [0.4, 0.5) is 0 Å². The van der Waals surface area contributed by atoms with Crippen LogP contribution in [0.15, 0.2) is 52.7 Å². The summed E-state index contributed by atoms with van der Waals surface area (Å²) < 4.78 is 35.4. The highest BCUT2D eigenvalue weighted by atomic mass is 35.5. The van der Waals surface area contributed by atoms with Crippen LogP contribution in [-0.2, 0) is 25.1 Å². The predicted octanol–water partition coefficient (Wildman–Crippen LogP) is 4.32. The van der Waals surface area contributed by atoms with Crippen molar-refractivity contribution in [2.45, 2.75) is 9.96 Å². The van der Waals surface area contributed by atoms with Gasteiger partial charge < -0.3 is 14.6 Å². The van der Waals surface area contributed by atoms with Crippen LogP contribution in [0.3, 0.4) is 0 Å². The highest BCUT2D eigenvalue weighted by Gasteiger charge is 2.23. The zero-order chi connectivity index (χ0) is 22.8. The lowest BCUT2D eigenvalue weighted by molar-refractivity contribution is 0.0590. The van der Waals surface area contributed by atoms with Crippen molar-refractivity contribution in [1.82, 2.24) is 0 Å². The van der Waals surface area contributed by atoms with Gasteiger partial charge in [0.2, 0.25) is 0 Å². The van der Waals surface area contributed by atoms with Crippen LogP contribution in [0.25, 0.3) is 11.1 Å². The van der Waals surface area contributed by atoms with E-state index in [4.69, 9.17) is 16.3 Å². The molecule has 0 atom stereocenters. The Morgan fingerprint density at radius 2 is 1.74 bits per heavy atom. The van der Waals surface area contributed by atoms with Crippen molar-refractivity contribution in [3.05, 3.63) is 69.6 Å². The third-order valence-corrected chi connectivity index (χ3v) is 8.00. The van der Waals surface area contributed by atoms with Crippen molar-refractivity contribution in [2.24, 2.45) is 0 Å². The summed E-state index contributed by atoms with van der Waals surface area (Å²) in [5.74, 6) is -2.02. The topological polar surface area (TPSA) is 107 Å². The summed E-state index contributed by atoms with van der Waals surface area (Å²) in [5.41, 5.74) is 1.60. The highest BCUT2D eigenvalue weighted by molar-refractivity contribution is 7.92. The average molecular weight is 481 g/mol. The molecule has 0 aliphatic heterocycles. The number of phenols is 1. The van der Waals surface area contributed by atoms with Gasteiger partial charge in [-0.25, -0.2) is 18.0 Å². The smallest absolute Gasteiger partial charge is 0.341 e. The Kier molecular flexibility index (Phi) is 6.68. The number of hydrogen-bond donors (Lipinski definition) is 1. The van der Waals surface area contributed by atoms with Crippen LogP contribution in [0.1, 0.15) is 26.3 Å². The summed E-state index contributed by atoms with van der Waals surface area (Å²) in [4.78, 5) is 23.3. The fourth-order valence-electron chi connectivity index (χ4n) is 2.87. The van der Waals surface area contributed by atoms with Gasteiger partial charge in [-0.05, 0) is 41.5 Å². The maximum atomic E-state index is 12.9. The van der Waals surface area contributed by atoms with Gasteiger partial charge in [0, 0.05) is 5.56 Å². The van der Waals surface area contributed by atoms with Crippen molar-refractivity contribution >= 4 is 44.7 Å². The van der Waals surface area contributed by atoms with Crippen molar-refractivity contribution in [1.29, 1.82) is 0 Å². The largest absolute Gasteiger partial charge is 0.507 e. The fraction of sp³-hybridized carbons (Fsp3) is 0.143. The lowest BCUT2D eigenvalue weighted by atomic mass is 10.1. The number of methoxy groups -OCH3 is 2. The zero-order valence-corrected chi connectivity index (χ0v) is 18.8. The number of benzene rings is 2. The van der Waals surface area contributed by atoms with Gasteiger partial charge in [-0.2, -0.15) is 0 Å². The molecule has 0 aliphatic carbocycles. The van der Waals surface area contributed by atoms with Crippen LogP contribution in [0.5, 0.6) is 5.75 Å². The molecule has 0 bridgehead atoms. The molecule has 7 nitrogen and oxygen atoms in total. The Morgan fingerprint density at radius 3 is 2.39 bits per heavy atom. The van der Waals surface area contributed by atoms with E-state index < -0.39 is 27.5 Å². The maximum Gasteiger partial charge on any atom is 0.341 e. The third kappa shape index (κ3) is 4.90. The molecule has 2 aromatic carbocycles. The van der Waals surface area contributed by atoms with E-state index in [1.807, 2.05) is 0 Å². The minimum atomic E-state index is -3.79. The van der Waals surface area contributed by atoms with Gasteiger partial charge >= 0.3 is 11.9 Å². The van der Waals surface area contributed by atoms with Gasteiger partial charge in [0.05, 0.1) is 25.5 Å². The first-order valence-corrected chi connectivity index (χ1v) is 11.6. The molecule has 1 N–H and O–H groups in total. The van der Waals surface area contributed by atoms with Crippen molar-refractivity contribution in [3.8, 4) is 16.9 Å². The Hall–Kier alpha value is -2.88. The van der Waals surface area contributed by atoms with Gasteiger partial charge in [0.25, 0.3) is 0 Å². The van der Waals surface area contributed by atoms with Crippen LogP contribution in [0.2, 0.25) is 4.34 Å². The van der Waals surface area contributed by atoms with Crippen molar-refractivity contribution < 1.29 is 32.6 Å². The summed E-state index contributed by atoms with van der Waals surface area (Å²) in [6.07, 6.45) is 0. The number of carbonyl (C=O) groups excluding carboxylic acids is 2. The Bertz CT molecular complexity index is 1260. The summed E-state index contributed by atoms with van der Waals surface area (Å²) in [7, 11) is -1.34. The number of phenolic OH excluding ortho intramolecular Hbond substituents is 1. The van der Waals surface area contributed by atoms with Crippen LogP contribution < -0.4 is 0 Å². The molecule has 0 fully saturated rings. The molecule has 0 radical (unpaired) electrons. The van der Waals surface area contributed by atoms with E-state index in [1.165, 1.54) is 38.5 Å². The SMILES string of the molecule is COC(=O)c1cccc(-c2cc(S(=O)(=O)Cc3ccc(C(=O)OC)c(O)c3)sc2Cl)c1. The summed E-state index contributed by atoms with van der Waals surface area (Å²) in [6, 6.07) is 11.9. The number of hydrogen-bond acceptors (Lipinski definition) is 8. The molecular formula is C21H17ClO7S2. The quantitative estimate of drug-likeness (QED) is 0.523. The molecular weight excluding hydrogens is 464 g/mol. The second kappa shape index (κ2) is 9.09. The van der Waals surface area contributed by atoms with Gasteiger partial charge in [0.1, 0.15) is 19.9 Å². The molecule has 0 saturated heterocycles. The first-order valence-electron chi connectivity index (χ1n) is 8.77. The molecule has 0 saturated carbocycles. The molecule has 1 heterocycles. The van der Waals surface area contributed by atoms with Gasteiger partial charge in [0.15, 0.2) is 9.84 Å². The molecule has 1 aromatic heterocycles. The number of aromatic hydroxyl groups is 1. The molecule has 0 amide bonds. The number of rotatable bonds is 6. The van der Waals surface area contributed by atoms with Crippen LogP contribution in [0, 0.1) is 0 Å². The van der Waals surface area contributed by atoms with Crippen molar-refractivity contribution in [3.63, 3.8) is 0 Å². The number of sulfone groups is 1. The van der Waals surface area contributed by atoms with E-state index in [-0.39, 0.29) is 19.9 Å². The Morgan fingerprint density at radius 1 is 1.03 bits per heavy atom. The lowest BCUT2D eigenvalue weighted by Crippen LogP contribution is -2.05. The van der Waals surface area contributed by atoms with E-state index in [2.05, 4.69) is 4.74 Å². The van der Waals surface area contributed by atoms with Gasteiger partial charge in [-0.3, -0.25) is 0 Å². The van der Waals surface area contributed by atoms with E-state index >= 15 is 0 Å². The number of halogens is 1. The first kappa shape index (κ1) is 22.8. The summed E-state index contributed by atoms with van der Waals surface area (Å²) >= 11 is 7.19. The van der Waals surface area contributed by atoms with Gasteiger partial charge in [-0.1, -0.05) is 29.8 Å². The monoisotopic (exact) mass is 480 g/mol. The number of ether oxygens (including phenoxy) is 2. The first-order chi connectivity index (χ1) is 14.7. The predicted molar refractivity (Wildman–Crippen MR) is 116 cm³/mol. The minimum Gasteiger partial charge on any atom is -0.507 e. The number of esters is 2. The molecule has 10 heteroatoms. The molecule has 31 heavy (non-hydrogen) atoms. The third-order valence-electron chi connectivity index (χ3n) is 4.39. The second-order valence-electron chi connectivity index (χ2n) is 6.43. The van der Waals surface area contributed by atoms with E-state index in [9.17, 15) is 23.1 Å². The summed E-state index contributed by atoms with van der Waals surface area (Å²) in [5, 5.41) is 10.00.